The van der Waals surface area contributed by atoms with E-state index >= 15 is 0 Å². The van der Waals surface area contributed by atoms with Crippen LogP contribution in [0.3, 0.4) is 0 Å². The number of nitrogens with zero attached hydrogens (tertiary/aromatic N) is 1. The van der Waals surface area contributed by atoms with Crippen molar-refractivity contribution in [3.63, 3.8) is 0 Å². The Labute approximate surface area is 158 Å². The summed E-state index contributed by atoms with van der Waals surface area (Å²) >= 11 is 5.85. The molecule has 1 N–H and O–H groups in total. The fourth-order valence-corrected chi connectivity index (χ4v) is 2.39. The first kappa shape index (κ1) is 19.8. The minimum absolute atomic E-state index is 0.0573. The van der Waals surface area contributed by atoms with Crippen LogP contribution in [0.25, 0.3) is 0 Å². The van der Waals surface area contributed by atoms with Gasteiger partial charge in [0.15, 0.2) is 5.60 Å². The first-order chi connectivity index (χ1) is 12.2. The molecule has 0 fully saturated rings. The van der Waals surface area contributed by atoms with E-state index in [1.54, 1.807) is 64.3 Å². The van der Waals surface area contributed by atoms with Gasteiger partial charge in [0.25, 0.3) is 11.8 Å². The Hall–Kier alpha value is -2.53. The van der Waals surface area contributed by atoms with Crippen molar-refractivity contribution in [2.75, 3.05) is 14.1 Å². The number of carbonyl (C=O) groups is 2. The van der Waals surface area contributed by atoms with Crippen molar-refractivity contribution < 1.29 is 14.3 Å². The molecule has 2 rings (SSSR count). The third-order valence-electron chi connectivity index (χ3n) is 3.79. The van der Waals surface area contributed by atoms with Gasteiger partial charge in [0.05, 0.1) is 0 Å². The van der Waals surface area contributed by atoms with Gasteiger partial charge in [-0.1, -0.05) is 23.7 Å². The lowest BCUT2D eigenvalue weighted by molar-refractivity contribution is -0.134. The van der Waals surface area contributed by atoms with Crippen molar-refractivity contribution >= 4 is 23.4 Å². The highest BCUT2D eigenvalue weighted by Gasteiger charge is 2.29. The van der Waals surface area contributed by atoms with Crippen LogP contribution in [0, 0.1) is 0 Å². The van der Waals surface area contributed by atoms with E-state index in [1.807, 2.05) is 12.1 Å². The zero-order valence-electron chi connectivity index (χ0n) is 15.4. The molecule has 26 heavy (non-hydrogen) atoms. The highest BCUT2D eigenvalue weighted by Crippen LogP contribution is 2.21. The minimum atomic E-state index is -1.03. The quantitative estimate of drug-likeness (QED) is 0.841. The molecule has 0 aromatic heterocycles. The third kappa shape index (κ3) is 5.23. The van der Waals surface area contributed by atoms with Crippen molar-refractivity contribution in [3.05, 3.63) is 64.7 Å². The number of ether oxygens (including phenoxy) is 1. The molecule has 6 heteroatoms. The molecule has 0 aliphatic heterocycles. The van der Waals surface area contributed by atoms with E-state index < -0.39 is 5.60 Å². The molecule has 2 aromatic rings. The molecule has 0 saturated heterocycles. The first-order valence-corrected chi connectivity index (χ1v) is 8.60. The molecule has 0 saturated carbocycles. The second kappa shape index (κ2) is 8.23. The smallest absolute Gasteiger partial charge is 0.263 e. The van der Waals surface area contributed by atoms with Gasteiger partial charge in [-0.2, -0.15) is 0 Å². The van der Waals surface area contributed by atoms with E-state index in [-0.39, 0.29) is 11.8 Å². The average molecular weight is 375 g/mol. The Morgan fingerprint density at radius 3 is 2.15 bits per heavy atom. The summed E-state index contributed by atoms with van der Waals surface area (Å²) < 4.78 is 5.76. The molecule has 0 unspecified atom stereocenters. The van der Waals surface area contributed by atoms with E-state index in [0.717, 1.165) is 5.56 Å². The fourth-order valence-electron chi connectivity index (χ4n) is 2.26. The highest BCUT2D eigenvalue weighted by molar-refractivity contribution is 6.30. The van der Waals surface area contributed by atoms with Crippen molar-refractivity contribution in [2.45, 2.75) is 26.0 Å². The summed E-state index contributed by atoms with van der Waals surface area (Å²) in [6.07, 6.45) is 0. The molecule has 0 radical (unpaired) electrons. The minimum Gasteiger partial charge on any atom is -0.478 e. The predicted molar refractivity (Wildman–Crippen MR) is 102 cm³/mol. The van der Waals surface area contributed by atoms with Crippen LogP contribution >= 0.6 is 11.6 Å². The molecule has 0 bridgehead atoms. The summed E-state index contributed by atoms with van der Waals surface area (Å²) in [4.78, 5) is 25.9. The van der Waals surface area contributed by atoms with Crippen LogP contribution in [-0.2, 0) is 11.3 Å². The maximum atomic E-state index is 12.5. The fraction of sp³-hybridized carbons (Fsp3) is 0.300. The van der Waals surface area contributed by atoms with E-state index in [2.05, 4.69) is 5.32 Å². The maximum Gasteiger partial charge on any atom is 0.263 e. The number of amides is 2. The standard InChI is InChI=1S/C20H23ClN2O3/c1-20(2,26-17-11-9-16(21)10-12-17)19(25)22-13-14-5-7-15(8-6-14)18(24)23(3)4/h5-12H,13H2,1-4H3,(H,22,25). The van der Waals surface area contributed by atoms with Gasteiger partial charge in [0.2, 0.25) is 0 Å². The van der Waals surface area contributed by atoms with Crippen LogP contribution in [0.1, 0.15) is 29.8 Å². The van der Waals surface area contributed by atoms with Crippen molar-refractivity contribution in [3.8, 4) is 5.75 Å². The van der Waals surface area contributed by atoms with Crippen LogP contribution in [0.5, 0.6) is 5.75 Å². The molecule has 0 aliphatic rings. The molecule has 2 aromatic carbocycles. The van der Waals surface area contributed by atoms with Crippen LogP contribution in [-0.4, -0.2) is 36.4 Å². The van der Waals surface area contributed by atoms with Gasteiger partial charge < -0.3 is 15.0 Å². The summed E-state index contributed by atoms with van der Waals surface area (Å²) in [6.45, 7) is 3.76. The molecular weight excluding hydrogens is 352 g/mol. The molecule has 0 atom stereocenters. The summed E-state index contributed by atoms with van der Waals surface area (Å²) in [5.74, 6) is 0.278. The molecule has 2 amide bonds. The molecule has 5 nitrogen and oxygen atoms in total. The number of halogens is 1. The Bertz CT molecular complexity index is 769. The number of benzene rings is 2. The van der Waals surface area contributed by atoms with Crippen LogP contribution < -0.4 is 10.1 Å². The molecule has 0 spiro atoms. The van der Waals surface area contributed by atoms with Gasteiger partial charge in [-0.25, -0.2) is 0 Å². The number of carbonyl (C=O) groups excluding carboxylic acids is 2. The van der Waals surface area contributed by atoms with Gasteiger partial charge in [-0.05, 0) is 55.8 Å². The second-order valence-electron chi connectivity index (χ2n) is 6.65. The monoisotopic (exact) mass is 374 g/mol. The lowest BCUT2D eigenvalue weighted by Gasteiger charge is -2.25. The van der Waals surface area contributed by atoms with E-state index in [0.29, 0.717) is 22.9 Å². The lowest BCUT2D eigenvalue weighted by atomic mass is 10.1. The SMILES string of the molecule is CN(C)C(=O)c1ccc(CNC(=O)C(C)(C)Oc2ccc(Cl)cc2)cc1. The van der Waals surface area contributed by atoms with Crippen LogP contribution in [0.2, 0.25) is 5.02 Å². The zero-order chi connectivity index (χ0) is 19.3. The first-order valence-electron chi connectivity index (χ1n) is 8.22. The molecule has 138 valence electrons. The topological polar surface area (TPSA) is 58.6 Å². The van der Waals surface area contributed by atoms with Gasteiger partial charge >= 0.3 is 0 Å². The highest BCUT2D eigenvalue weighted by atomic mass is 35.5. The Morgan fingerprint density at radius 1 is 1.04 bits per heavy atom. The van der Waals surface area contributed by atoms with Crippen LogP contribution in [0.15, 0.2) is 48.5 Å². The Balaban J connectivity index is 1.94. The third-order valence-corrected chi connectivity index (χ3v) is 4.05. The number of hydrogen-bond acceptors (Lipinski definition) is 3. The maximum absolute atomic E-state index is 12.5. The Kier molecular flexibility index (Phi) is 6.27. The Morgan fingerprint density at radius 2 is 1.62 bits per heavy atom. The number of rotatable bonds is 6. The second-order valence-corrected chi connectivity index (χ2v) is 7.08. The normalized spacial score (nSPS) is 11.0. The van der Waals surface area contributed by atoms with E-state index in [1.165, 1.54) is 4.90 Å². The van der Waals surface area contributed by atoms with Gasteiger partial charge in [0, 0.05) is 31.2 Å². The molecule has 0 aliphatic carbocycles. The summed E-state index contributed by atoms with van der Waals surface area (Å²) in [5, 5.41) is 3.46. The molecule has 0 heterocycles. The van der Waals surface area contributed by atoms with Gasteiger partial charge in [-0.15, -0.1) is 0 Å². The van der Waals surface area contributed by atoms with Gasteiger partial charge in [-0.3, -0.25) is 9.59 Å². The lowest BCUT2D eigenvalue weighted by Crippen LogP contribution is -2.46. The number of hydrogen-bond donors (Lipinski definition) is 1. The van der Waals surface area contributed by atoms with E-state index in [4.69, 9.17) is 16.3 Å². The molecular formula is C20H23ClN2O3. The van der Waals surface area contributed by atoms with Crippen molar-refractivity contribution in [2.24, 2.45) is 0 Å². The van der Waals surface area contributed by atoms with Crippen LogP contribution in [0.4, 0.5) is 0 Å². The largest absolute Gasteiger partial charge is 0.478 e. The summed E-state index contributed by atoms with van der Waals surface area (Å²) in [7, 11) is 3.42. The number of nitrogens with one attached hydrogen (secondary N) is 1. The predicted octanol–water partition coefficient (Wildman–Crippen LogP) is 3.52. The van der Waals surface area contributed by atoms with Crippen molar-refractivity contribution in [1.29, 1.82) is 0 Å². The average Bonchev–Trinajstić information content (AvgIpc) is 2.61. The zero-order valence-corrected chi connectivity index (χ0v) is 16.1. The van der Waals surface area contributed by atoms with Gasteiger partial charge in [0.1, 0.15) is 5.75 Å². The summed E-state index contributed by atoms with van der Waals surface area (Å²) in [6, 6.07) is 14.0. The summed E-state index contributed by atoms with van der Waals surface area (Å²) in [5.41, 5.74) is 0.474. The van der Waals surface area contributed by atoms with Crippen molar-refractivity contribution in [1.82, 2.24) is 10.2 Å². The van der Waals surface area contributed by atoms with E-state index in [9.17, 15) is 9.59 Å².